The number of aliphatic hydroxyl groups is 1. The molecule has 1 unspecified atom stereocenters. The average Bonchev–Trinajstić information content (AvgIpc) is 2.47. The molecular formula is C15H28N2O2. The van der Waals surface area contributed by atoms with Gasteiger partial charge in [0.25, 0.3) is 0 Å². The van der Waals surface area contributed by atoms with E-state index in [-0.39, 0.29) is 24.0 Å². The summed E-state index contributed by atoms with van der Waals surface area (Å²) in [6, 6.07) is 0.0176. The van der Waals surface area contributed by atoms with Crippen molar-refractivity contribution in [3.8, 4) is 0 Å². The largest absolute Gasteiger partial charge is 0.394 e. The highest BCUT2D eigenvalue weighted by atomic mass is 16.3. The Bertz CT molecular complexity index is 311. The van der Waals surface area contributed by atoms with Gasteiger partial charge in [-0.25, -0.2) is 0 Å². The standard InChI is InChI=1S/C15H28N2O2/c1-12-5-7-15(11-16,8-6-12)14(19)17-9-3-2-4-13(17)10-18/h12-13,18H,2-11,16H2,1H3. The van der Waals surface area contributed by atoms with Crippen LogP contribution in [0.2, 0.25) is 0 Å². The lowest BCUT2D eigenvalue weighted by Gasteiger charge is -2.44. The van der Waals surface area contributed by atoms with Crippen LogP contribution in [0.3, 0.4) is 0 Å². The minimum absolute atomic E-state index is 0.0176. The summed E-state index contributed by atoms with van der Waals surface area (Å²) >= 11 is 0. The van der Waals surface area contributed by atoms with Crippen LogP contribution in [0.5, 0.6) is 0 Å². The molecule has 1 atom stereocenters. The van der Waals surface area contributed by atoms with Gasteiger partial charge in [0.1, 0.15) is 0 Å². The molecular weight excluding hydrogens is 240 g/mol. The van der Waals surface area contributed by atoms with Crippen LogP contribution in [0.15, 0.2) is 0 Å². The van der Waals surface area contributed by atoms with Gasteiger partial charge in [-0.15, -0.1) is 0 Å². The number of hydrogen-bond donors (Lipinski definition) is 2. The van der Waals surface area contributed by atoms with Gasteiger partial charge in [-0.1, -0.05) is 6.92 Å². The number of carbonyl (C=O) groups is 1. The van der Waals surface area contributed by atoms with Crippen molar-refractivity contribution in [3.63, 3.8) is 0 Å². The van der Waals surface area contributed by atoms with Crippen LogP contribution < -0.4 is 5.73 Å². The lowest BCUT2D eigenvalue weighted by molar-refractivity contribution is -0.149. The fraction of sp³-hybridized carbons (Fsp3) is 0.933. The predicted octanol–water partition coefficient (Wildman–Crippen LogP) is 1.51. The molecule has 19 heavy (non-hydrogen) atoms. The Balaban J connectivity index is 2.11. The lowest BCUT2D eigenvalue weighted by atomic mass is 9.69. The first-order valence-corrected chi connectivity index (χ1v) is 7.75. The minimum Gasteiger partial charge on any atom is -0.394 e. The number of carbonyl (C=O) groups excluding carboxylic acids is 1. The van der Waals surface area contributed by atoms with Gasteiger partial charge in [-0.2, -0.15) is 0 Å². The average molecular weight is 268 g/mol. The summed E-state index contributed by atoms with van der Waals surface area (Å²) in [6.45, 7) is 3.58. The lowest BCUT2D eigenvalue weighted by Crippen LogP contribution is -2.55. The molecule has 4 nitrogen and oxygen atoms in total. The monoisotopic (exact) mass is 268 g/mol. The van der Waals surface area contributed by atoms with E-state index in [2.05, 4.69) is 6.92 Å². The fourth-order valence-corrected chi connectivity index (χ4v) is 3.58. The Morgan fingerprint density at radius 1 is 1.32 bits per heavy atom. The first-order chi connectivity index (χ1) is 9.13. The van der Waals surface area contributed by atoms with Gasteiger partial charge in [0, 0.05) is 13.1 Å². The van der Waals surface area contributed by atoms with Gasteiger partial charge in [-0.05, 0) is 50.9 Å². The highest BCUT2D eigenvalue weighted by Crippen LogP contribution is 2.40. The summed E-state index contributed by atoms with van der Waals surface area (Å²) in [6.07, 6.45) is 7.12. The Morgan fingerprint density at radius 3 is 2.58 bits per heavy atom. The molecule has 1 amide bonds. The van der Waals surface area contributed by atoms with Gasteiger partial charge in [0.05, 0.1) is 18.1 Å². The molecule has 1 aliphatic carbocycles. The molecule has 0 aromatic heterocycles. The number of piperidine rings is 1. The van der Waals surface area contributed by atoms with E-state index in [9.17, 15) is 9.90 Å². The van der Waals surface area contributed by atoms with Crippen molar-refractivity contribution in [1.29, 1.82) is 0 Å². The molecule has 1 heterocycles. The molecule has 4 heteroatoms. The Hall–Kier alpha value is -0.610. The number of amides is 1. The predicted molar refractivity (Wildman–Crippen MR) is 75.6 cm³/mol. The number of nitrogens with two attached hydrogens (primary N) is 1. The molecule has 2 fully saturated rings. The quantitative estimate of drug-likeness (QED) is 0.815. The van der Waals surface area contributed by atoms with E-state index < -0.39 is 0 Å². The smallest absolute Gasteiger partial charge is 0.230 e. The summed E-state index contributed by atoms with van der Waals surface area (Å²) in [5, 5.41) is 9.48. The molecule has 2 aliphatic rings. The van der Waals surface area contributed by atoms with E-state index in [1.807, 2.05) is 4.90 Å². The second-order valence-electron chi connectivity index (χ2n) is 6.50. The normalized spacial score (nSPS) is 36.3. The van der Waals surface area contributed by atoms with E-state index >= 15 is 0 Å². The molecule has 110 valence electrons. The van der Waals surface area contributed by atoms with E-state index in [0.717, 1.165) is 51.5 Å². The molecule has 1 saturated carbocycles. The summed E-state index contributed by atoms with van der Waals surface area (Å²) in [4.78, 5) is 14.8. The minimum atomic E-state index is -0.350. The maximum absolute atomic E-state index is 12.9. The molecule has 3 N–H and O–H groups in total. The SMILES string of the molecule is CC1CCC(CN)(C(=O)N2CCCCC2CO)CC1. The van der Waals surface area contributed by atoms with Crippen LogP contribution in [0.25, 0.3) is 0 Å². The van der Waals surface area contributed by atoms with E-state index in [0.29, 0.717) is 12.5 Å². The Kier molecular flexibility index (Phi) is 4.85. The summed E-state index contributed by atoms with van der Waals surface area (Å²) in [5.74, 6) is 0.920. The highest BCUT2D eigenvalue weighted by Gasteiger charge is 2.44. The van der Waals surface area contributed by atoms with Crippen molar-refractivity contribution in [1.82, 2.24) is 4.90 Å². The molecule has 1 aliphatic heterocycles. The number of likely N-dealkylation sites (tertiary alicyclic amines) is 1. The van der Waals surface area contributed by atoms with Gasteiger partial charge >= 0.3 is 0 Å². The van der Waals surface area contributed by atoms with Crippen LogP contribution in [0.1, 0.15) is 51.9 Å². The zero-order valence-corrected chi connectivity index (χ0v) is 12.1. The molecule has 0 aromatic carbocycles. The third-order valence-electron chi connectivity index (χ3n) is 5.17. The van der Waals surface area contributed by atoms with Crippen molar-refractivity contribution in [3.05, 3.63) is 0 Å². The molecule has 1 saturated heterocycles. The number of nitrogens with zero attached hydrogens (tertiary/aromatic N) is 1. The summed E-state index contributed by atoms with van der Waals surface area (Å²) in [5.41, 5.74) is 5.62. The van der Waals surface area contributed by atoms with Crippen LogP contribution in [0, 0.1) is 11.3 Å². The Morgan fingerprint density at radius 2 is 2.00 bits per heavy atom. The number of rotatable bonds is 3. The van der Waals surface area contributed by atoms with Crippen LogP contribution >= 0.6 is 0 Å². The van der Waals surface area contributed by atoms with Gasteiger partial charge in [0.15, 0.2) is 0 Å². The van der Waals surface area contributed by atoms with E-state index in [4.69, 9.17) is 5.73 Å². The van der Waals surface area contributed by atoms with Crippen molar-refractivity contribution in [2.24, 2.45) is 17.1 Å². The first kappa shape index (κ1) is 14.8. The van der Waals surface area contributed by atoms with Gasteiger partial charge in [0.2, 0.25) is 5.91 Å². The van der Waals surface area contributed by atoms with Crippen LogP contribution in [0.4, 0.5) is 0 Å². The Labute approximate surface area is 116 Å². The van der Waals surface area contributed by atoms with Gasteiger partial charge < -0.3 is 15.7 Å². The fourth-order valence-electron chi connectivity index (χ4n) is 3.58. The second kappa shape index (κ2) is 6.23. The molecule has 0 aromatic rings. The third-order valence-corrected chi connectivity index (χ3v) is 5.17. The van der Waals surface area contributed by atoms with Crippen molar-refractivity contribution in [2.75, 3.05) is 19.7 Å². The van der Waals surface area contributed by atoms with Crippen LogP contribution in [-0.2, 0) is 4.79 Å². The third kappa shape index (κ3) is 2.95. The van der Waals surface area contributed by atoms with Gasteiger partial charge in [-0.3, -0.25) is 4.79 Å². The van der Waals surface area contributed by atoms with Crippen molar-refractivity contribution < 1.29 is 9.90 Å². The number of aliphatic hydroxyl groups excluding tert-OH is 1. The topological polar surface area (TPSA) is 66.6 Å². The highest BCUT2D eigenvalue weighted by molar-refractivity contribution is 5.83. The molecule has 0 bridgehead atoms. The number of hydrogen-bond acceptors (Lipinski definition) is 3. The summed E-state index contributed by atoms with van der Waals surface area (Å²) in [7, 11) is 0. The molecule has 0 radical (unpaired) electrons. The van der Waals surface area contributed by atoms with Crippen LogP contribution in [-0.4, -0.2) is 41.7 Å². The molecule has 0 spiro atoms. The molecule has 2 rings (SSSR count). The zero-order chi connectivity index (χ0) is 13.9. The van der Waals surface area contributed by atoms with E-state index in [1.165, 1.54) is 0 Å². The first-order valence-electron chi connectivity index (χ1n) is 7.75. The zero-order valence-electron chi connectivity index (χ0n) is 12.1. The van der Waals surface area contributed by atoms with Crippen molar-refractivity contribution >= 4 is 5.91 Å². The van der Waals surface area contributed by atoms with E-state index in [1.54, 1.807) is 0 Å². The second-order valence-corrected chi connectivity index (χ2v) is 6.50. The maximum atomic E-state index is 12.9. The summed E-state index contributed by atoms with van der Waals surface area (Å²) < 4.78 is 0. The maximum Gasteiger partial charge on any atom is 0.230 e. The van der Waals surface area contributed by atoms with Crippen molar-refractivity contribution in [2.45, 2.75) is 57.9 Å².